The van der Waals surface area contributed by atoms with Gasteiger partial charge in [0.15, 0.2) is 0 Å². The molecule has 0 bridgehead atoms. The number of benzene rings is 2. The Labute approximate surface area is 116 Å². The second-order valence-electron chi connectivity index (χ2n) is 4.80. The molecule has 0 saturated carbocycles. The zero-order valence-electron chi connectivity index (χ0n) is 11.2. The van der Waals surface area contributed by atoms with Crippen molar-refractivity contribution in [2.45, 2.75) is 13.5 Å². The number of rotatable bonds is 2. The van der Waals surface area contributed by atoms with E-state index >= 15 is 0 Å². The molecule has 0 saturated heterocycles. The minimum Gasteiger partial charge on any atom is -0.444 e. The standard InChI is InChI=1S/C17H14N2O/c1-2-19-15-9-4-3-6-12(15)13-7-5-8-14(16(13)19)17-18-10-11-20-17/h3-11H,2H2,1H3. The molecular weight excluding hydrogens is 248 g/mol. The average molecular weight is 262 g/mol. The number of fused-ring (bicyclic) bond motifs is 3. The van der Waals surface area contributed by atoms with Crippen LogP contribution in [0, 0.1) is 0 Å². The maximum Gasteiger partial charge on any atom is 0.228 e. The molecule has 0 N–H and O–H groups in total. The Bertz CT molecular complexity index is 888. The summed E-state index contributed by atoms with van der Waals surface area (Å²) in [6.07, 6.45) is 3.31. The Kier molecular flexibility index (Phi) is 2.39. The first-order valence-electron chi connectivity index (χ1n) is 6.80. The van der Waals surface area contributed by atoms with Gasteiger partial charge < -0.3 is 8.98 Å². The topological polar surface area (TPSA) is 31.0 Å². The molecule has 0 aliphatic heterocycles. The van der Waals surface area contributed by atoms with Gasteiger partial charge in [-0.05, 0) is 19.1 Å². The maximum absolute atomic E-state index is 5.50. The van der Waals surface area contributed by atoms with Crippen LogP contribution in [0.1, 0.15) is 6.92 Å². The summed E-state index contributed by atoms with van der Waals surface area (Å²) in [5.74, 6) is 0.674. The summed E-state index contributed by atoms with van der Waals surface area (Å²) in [4.78, 5) is 4.30. The maximum atomic E-state index is 5.50. The molecule has 3 heteroatoms. The number of nitrogens with zero attached hydrogens (tertiary/aromatic N) is 2. The number of para-hydroxylation sites is 2. The second kappa shape index (κ2) is 4.23. The highest BCUT2D eigenvalue weighted by Gasteiger charge is 2.15. The van der Waals surface area contributed by atoms with Crippen molar-refractivity contribution in [1.29, 1.82) is 0 Å². The van der Waals surface area contributed by atoms with Crippen LogP contribution >= 0.6 is 0 Å². The zero-order valence-corrected chi connectivity index (χ0v) is 11.2. The molecule has 0 fully saturated rings. The van der Waals surface area contributed by atoms with Gasteiger partial charge in [0.1, 0.15) is 6.26 Å². The molecule has 0 atom stereocenters. The van der Waals surface area contributed by atoms with Gasteiger partial charge in [0, 0.05) is 22.8 Å². The Morgan fingerprint density at radius 2 is 1.90 bits per heavy atom. The number of hydrogen-bond donors (Lipinski definition) is 0. The average Bonchev–Trinajstić information content (AvgIpc) is 3.13. The molecule has 4 aromatic rings. The lowest BCUT2D eigenvalue weighted by atomic mass is 10.1. The number of hydrogen-bond acceptors (Lipinski definition) is 2. The van der Waals surface area contributed by atoms with E-state index in [4.69, 9.17) is 4.42 Å². The molecule has 0 amide bonds. The molecule has 2 heterocycles. The van der Waals surface area contributed by atoms with E-state index in [0.29, 0.717) is 5.89 Å². The molecule has 2 aromatic carbocycles. The molecule has 0 radical (unpaired) electrons. The summed E-state index contributed by atoms with van der Waals surface area (Å²) in [5, 5.41) is 2.52. The quantitative estimate of drug-likeness (QED) is 0.533. The van der Waals surface area contributed by atoms with Crippen LogP contribution < -0.4 is 0 Å². The van der Waals surface area contributed by atoms with Crippen molar-refractivity contribution in [1.82, 2.24) is 9.55 Å². The minimum atomic E-state index is 0.674. The van der Waals surface area contributed by atoms with Crippen LogP contribution in [0.15, 0.2) is 59.3 Å². The van der Waals surface area contributed by atoms with E-state index in [1.54, 1.807) is 12.5 Å². The monoisotopic (exact) mass is 262 g/mol. The van der Waals surface area contributed by atoms with Crippen LogP contribution in [0.5, 0.6) is 0 Å². The first-order chi connectivity index (χ1) is 9.90. The zero-order chi connectivity index (χ0) is 13.5. The Balaban J connectivity index is 2.22. The molecule has 98 valence electrons. The van der Waals surface area contributed by atoms with Crippen molar-refractivity contribution in [3.05, 3.63) is 54.9 Å². The Hall–Kier alpha value is -2.55. The van der Waals surface area contributed by atoms with E-state index in [0.717, 1.165) is 12.1 Å². The van der Waals surface area contributed by atoms with E-state index in [1.807, 2.05) is 0 Å². The van der Waals surface area contributed by atoms with E-state index in [9.17, 15) is 0 Å². The minimum absolute atomic E-state index is 0.674. The molecule has 4 rings (SSSR count). The number of oxazole rings is 1. The van der Waals surface area contributed by atoms with Gasteiger partial charge in [-0.25, -0.2) is 4.98 Å². The second-order valence-corrected chi connectivity index (χ2v) is 4.80. The SMILES string of the molecule is CCn1c2ccccc2c2cccc(-c3ncco3)c21. The lowest BCUT2D eigenvalue weighted by molar-refractivity contribution is 0.575. The van der Waals surface area contributed by atoms with Crippen LogP contribution in [-0.2, 0) is 6.54 Å². The van der Waals surface area contributed by atoms with Crippen LogP contribution in [0.25, 0.3) is 33.3 Å². The van der Waals surface area contributed by atoms with Gasteiger partial charge in [-0.1, -0.05) is 30.3 Å². The van der Waals surface area contributed by atoms with Gasteiger partial charge in [-0.3, -0.25) is 0 Å². The van der Waals surface area contributed by atoms with Crippen LogP contribution in [0.4, 0.5) is 0 Å². The highest BCUT2D eigenvalue weighted by Crippen LogP contribution is 2.35. The van der Waals surface area contributed by atoms with Gasteiger partial charge in [0.2, 0.25) is 5.89 Å². The third-order valence-corrected chi connectivity index (χ3v) is 3.77. The van der Waals surface area contributed by atoms with Crippen LogP contribution in [0.2, 0.25) is 0 Å². The summed E-state index contributed by atoms with van der Waals surface area (Å²) < 4.78 is 7.82. The van der Waals surface area contributed by atoms with Gasteiger partial charge in [-0.2, -0.15) is 0 Å². The fourth-order valence-electron chi connectivity index (χ4n) is 2.97. The van der Waals surface area contributed by atoms with E-state index in [2.05, 4.69) is 58.9 Å². The summed E-state index contributed by atoms with van der Waals surface area (Å²) in [6.45, 7) is 3.08. The van der Waals surface area contributed by atoms with Crippen molar-refractivity contribution >= 4 is 21.8 Å². The Morgan fingerprint density at radius 1 is 1.05 bits per heavy atom. The van der Waals surface area contributed by atoms with Gasteiger partial charge >= 0.3 is 0 Å². The van der Waals surface area contributed by atoms with Crippen molar-refractivity contribution in [2.75, 3.05) is 0 Å². The first kappa shape index (κ1) is 11.3. The van der Waals surface area contributed by atoms with Crippen molar-refractivity contribution < 1.29 is 4.42 Å². The molecule has 0 spiro atoms. The molecule has 0 aliphatic carbocycles. The van der Waals surface area contributed by atoms with Crippen molar-refractivity contribution in [2.24, 2.45) is 0 Å². The van der Waals surface area contributed by atoms with Crippen LogP contribution in [0.3, 0.4) is 0 Å². The van der Waals surface area contributed by atoms with Gasteiger partial charge in [0.05, 0.1) is 17.3 Å². The molecule has 20 heavy (non-hydrogen) atoms. The molecule has 0 unspecified atom stereocenters. The molecule has 2 aromatic heterocycles. The predicted octanol–water partition coefficient (Wildman–Crippen LogP) is 4.47. The molecule has 3 nitrogen and oxygen atoms in total. The van der Waals surface area contributed by atoms with Crippen LogP contribution in [-0.4, -0.2) is 9.55 Å². The number of aromatic nitrogens is 2. The normalized spacial score (nSPS) is 11.4. The third kappa shape index (κ3) is 1.43. The van der Waals surface area contributed by atoms with Gasteiger partial charge in [0.25, 0.3) is 0 Å². The van der Waals surface area contributed by atoms with Crippen molar-refractivity contribution in [3.63, 3.8) is 0 Å². The summed E-state index contributed by atoms with van der Waals surface area (Å²) in [7, 11) is 0. The third-order valence-electron chi connectivity index (χ3n) is 3.77. The lowest BCUT2D eigenvalue weighted by Gasteiger charge is -2.06. The first-order valence-corrected chi connectivity index (χ1v) is 6.80. The summed E-state index contributed by atoms with van der Waals surface area (Å²) >= 11 is 0. The highest BCUT2D eigenvalue weighted by molar-refractivity contribution is 6.12. The smallest absolute Gasteiger partial charge is 0.228 e. The Morgan fingerprint density at radius 3 is 2.70 bits per heavy atom. The highest BCUT2D eigenvalue weighted by atomic mass is 16.3. The van der Waals surface area contributed by atoms with E-state index in [-0.39, 0.29) is 0 Å². The van der Waals surface area contributed by atoms with E-state index in [1.165, 1.54) is 21.8 Å². The summed E-state index contributed by atoms with van der Waals surface area (Å²) in [6, 6.07) is 14.8. The summed E-state index contributed by atoms with van der Waals surface area (Å²) in [5.41, 5.74) is 3.49. The number of aryl methyl sites for hydroxylation is 1. The van der Waals surface area contributed by atoms with E-state index < -0.39 is 0 Å². The predicted molar refractivity (Wildman–Crippen MR) is 80.6 cm³/mol. The van der Waals surface area contributed by atoms with Crippen molar-refractivity contribution in [3.8, 4) is 11.5 Å². The molecule has 0 aliphatic rings. The van der Waals surface area contributed by atoms with Gasteiger partial charge in [-0.15, -0.1) is 0 Å². The molecular formula is C17H14N2O. The fourth-order valence-corrected chi connectivity index (χ4v) is 2.97. The largest absolute Gasteiger partial charge is 0.444 e. The fraction of sp³-hybridized carbons (Fsp3) is 0.118. The lowest BCUT2D eigenvalue weighted by Crippen LogP contribution is -1.94.